The molecule has 0 aliphatic carbocycles. The minimum absolute atomic E-state index is 0.0145. The van der Waals surface area contributed by atoms with E-state index >= 15 is 0 Å². The third-order valence-electron chi connectivity index (χ3n) is 4.99. The van der Waals surface area contributed by atoms with E-state index in [1.54, 1.807) is 18.2 Å². The van der Waals surface area contributed by atoms with Crippen molar-refractivity contribution in [1.29, 1.82) is 0 Å². The molecule has 1 amide bonds. The van der Waals surface area contributed by atoms with Crippen molar-refractivity contribution < 1.29 is 4.79 Å². The summed E-state index contributed by atoms with van der Waals surface area (Å²) in [6.07, 6.45) is 0.221. The van der Waals surface area contributed by atoms with Crippen LogP contribution in [0.2, 0.25) is 5.02 Å². The van der Waals surface area contributed by atoms with Crippen molar-refractivity contribution in [3.63, 3.8) is 0 Å². The third-order valence-corrected chi connectivity index (χ3v) is 5.31. The Labute approximate surface area is 167 Å². The van der Waals surface area contributed by atoms with Gasteiger partial charge in [-0.05, 0) is 24.3 Å². The van der Waals surface area contributed by atoms with Gasteiger partial charge in [-0.2, -0.15) is 0 Å². The van der Waals surface area contributed by atoms with Crippen LogP contribution in [0.25, 0.3) is 10.9 Å². The first-order chi connectivity index (χ1) is 13.6. The SMILES string of the molecule is O=C(CCn1nnc2ccccc2c1=O)N1CCN(c2ccccc2Cl)CC1. The van der Waals surface area contributed by atoms with E-state index in [1.165, 1.54) is 4.68 Å². The standard InChI is InChI=1S/C20H20ClN5O2/c21-16-6-2-4-8-18(16)24-11-13-25(14-12-24)19(27)9-10-26-20(28)15-5-1-3-7-17(15)22-23-26/h1-8H,9-14H2. The number of piperazine rings is 1. The van der Waals surface area contributed by atoms with Gasteiger partial charge in [0.25, 0.3) is 5.56 Å². The van der Waals surface area contributed by atoms with E-state index in [9.17, 15) is 9.59 Å². The van der Waals surface area contributed by atoms with Gasteiger partial charge in [0.2, 0.25) is 5.91 Å². The number of amides is 1. The Kier molecular flexibility index (Phi) is 5.25. The molecule has 0 saturated carbocycles. The average Bonchev–Trinajstić information content (AvgIpc) is 2.74. The summed E-state index contributed by atoms with van der Waals surface area (Å²) in [7, 11) is 0. The second-order valence-corrected chi connectivity index (χ2v) is 7.11. The van der Waals surface area contributed by atoms with Gasteiger partial charge < -0.3 is 9.80 Å². The van der Waals surface area contributed by atoms with Crippen molar-refractivity contribution in [3.8, 4) is 0 Å². The predicted molar refractivity (Wildman–Crippen MR) is 109 cm³/mol. The van der Waals surface area contributed by atoms with Gasteiger partial charge in [0.05, 0.1) is 22.6 Å². The maximum absolute atomic E-state index is 12.6. The molecule has 1 fully saturated rings. The molecule has 4 rings (SSSR count). The van der Waals surface area contributed by atoms with Gasteiger partial charge in [0.15, 0.2) is 0 Å². The Hall–Kier alpha value is -2.93. The summed E-state index contributed by atoms with van der Waals surface area (Å²) < 4.78 is 1.26. The van der Waals surface area contributed by atoms with Crippen molar-refractivity contribution in [3.05, 3.63) is 63.9 Å². The molecule has 1 aliphatic rings. The van der Waals surface area contributed by atoms with Crippen molar-refractivity contribution in [2.24, 2.45) is 0 Å². The molecular formula is C20H20ClN5O2. The number of rotatable bonds is 4. The van der Waals surface area contributed by atoms with Gasteiger partial charge >= 0.3 is 0 Å². The summed E-state index contributed by atoms with van der Waals surface area (Å²) in [5.74, 6) is 0.0145. The molecular weight excluding hydrogens is 378 g/mol. The Morgan fingerprint density at radius 3 is 2.50 bits per heavy atom. The smallest absolute Gasteiger partial charge is 0.277 e. The molecule has 0 unspecified atom stereocenters. The molecule has 2 heterocycles. The van der Waals surface area contributed by atoms with Crippen molar-refractivity contribution in [1.82, 2.24) is 19.9 Å². The number of aryl methyl sites for hydroxylation is 1. The maximum atomic E-state index is 12.6. The van der Waals surface area contributed by atoms with Gasteiger partial charge in [-0.15, -0.1) is 5.10 Å². The maximum Gasteiger partial charge on any atom is 0.277 e. The Bertz CT molecular complexity index is 1060. The predicted octanol–water partition coefficient (Wildman–Crippen LogP) is 2.18. The minimum Gasteiger partial charge on any atom is -0.367 e. The fourth-order valence-electron chi connectivity index (χ4n) is 3.43. The number of hydrogen-bond donors (Lipinski definition) is 0. The number of nitrogens with zero attached hydrogens (tertiary/aromatic N) is 5. The van der Waals surface area contributed by atoms with Crippen molar-refractivity contribution in [2.45, 2.75) is 13.0 Å². The van der Waals surface area contributed by atoms with Crippen LogP contribution in [0.5, 0.6) is 0 Å². The molecule has 2 aromatic carbocycles. The van der Waals surface area contributed by atoms with Gasteiger partial charge in [0, 0.05) is 32.6 Å². The first kappa shape index (κ1) is 18.4. The van der Waals surface area contributed by atoms with E-state index in [4.69, 9.17) is 11.6 Å². The lowest BCUT2D eigenvalue weighted by Crippen LogP contribution is -2.49. The number of fused-ring (bicyclic) bond motifs is 1. The van der Waals surface area contributed by atoms with Crippen LogP contribution in [0, 0.1) is 0 Å². The minimum atomic E-state index is -0.220. The van der Waals surface area contributed by atoms with Crippen molar-refractivity contribution >= 4 is 34.1 Å². The van der Waals surface area contributed by atoms with Crippen LogP contribution in [-0.4, -0.2) is 52.0 Å². The molecule has 0 radical (unpaired) electrons. The quantitative estimate of drug-likeness (QED) is 0.674. The van der Waals surface area contributed by atoms with Crippen LogP contribution in [0.4, 0.5) is 5.69 Å². The van der Waals surface area contributed by atoms with Gasteiger partial charge in [-0.1, -0.05) is 41.1 Å². The summed E-state index contributed by atoms with van der Waals surface area (Å²) in [4.78, 5) is 29.1. The molecule has 1 aromatic heterocycles. The number of carbonyl (C=O) groups is 1. The monoisotopic (exact) mass is 397 g/mol. The first-order valence-electron chi connectivity index (χ1n) is 9.23. The highest BCUT2D eigenvalue weighted by atomic mass is 35.5. The van der Waals surface area contributed by atoms with Crippen LogP contribution in [0.3, 0.4) is 0 Å². The molecule has 0 spiro atoms. The topological polar surface area (TPSA) is 71.3 Å². The van der Waals surface area contributed by atoms with E-state index in [0.717, 1.165) is 23.8 Å². The Morgan fingerprint density at radius 1 is 1.00 bits per heavy atom. The Balaban J connectivity index is 1.36. The van der Waals surface area contributed by atoms with E-state index in [1.807, 2.05) is 35.2 Å². The fraction of sp³-hybridized carbons (Fsp3) is 0.300. The number of benzene rings is 2. The lowest BCUT2D eigenvalue weighted by Gasteiger charge is -2.36. The highest BCUT2D eigenvalue weighted by molar-refractivity contribution is 6.33. The highest BCUT2D eigenvalue weighted by Gasteiger charge is 2.22. The zero-order valence-corrected chi connectivity index (χ0v) is 16.0. The second-order valence-electron chi connectivity index (χ2n) is 6.70. The first-order valence-corrected chi connectivity index (χ1v) is 9.61. The molecule has 0 bridgehead atoms. The van der Waals surface area contributed by atoms with Crippen LogP contribution in [-0.2, 0) is 11.3 Å². The molecule has 3 aromatic rings. The average molecular weight is 398 g/mol. The molecule has 0 atom stereocenters. The highest BCUT2D eigenvalue weighted by Crippen LogP contribution is 2.26. The number of carbonyl (C=O) groups excluding carboxylic acids is 1. The molecule has 0 N–H and O–H groups in total. The number of para-hydroxylation sites is 1. The summed E-state index contributed by atoms with van der Waals surface area (Å²) in [5.41, 5.74) is 1.34. The van der Waals surface area contributed by atoms with E-state index in [2.05, 4.69) is 15.2 Å². The fourth-order valence-corrected chi connectivity index (χ4v) is 3.69. The van der Waals surface area contributed by atoms with E-state index < -0.39 is 0 Å². The summed E-state index contributed by atoms with van der Waals surface area (Å²) in [6, 6.07) is 14.8. The van der Waals surface area contributed by atoms with Gasteiger partial charge in [-0.25, -0.2) is 4.68 Å². The molecule has 144 valence electrons. The largest absolute Gasteiger partial charge is 0.367 e. The van der Waals surface area contributed by atoms with E-state index in [0.29, 0.717) is 24.0 Å². The van der Waals surface area contributed by atoms with Crippen LogP contribution in [0.15, 0.2) is 53.3 Å². The zero-order valence-electron chi connectivity index (χ0n) is 15.3. The summed E-state index contributed by atoms with van der Waals surface area (Å²) in [6.45, 7) is 2.93. The molecule has 1 saturated heterocycles. The normalized spacial score (nSPS) is 14.5. The summed E-state index contributed by atoms with van der Waals surface area (Å²) in [5, 5.41) is 9.23. The van der Waals surface area contributed by atoms with Crippen molar-refractivity contribution in [2.75, 3.05) is 31.1 Å². The van der Waals surface area contributed by atoms with E-state index in [-0.39, 0.29) is 24.4 Å². The number of hydrogen-bond acceptors (Lipinski definition) is 5. The summed E-state index contributed by atoms with van der Waals surface area (Å²) >= 11 is 6.26. The molecule has 7 nitrogen and oxygen atoms in total. The molecule has 8 heteroatoms. The molecule has 1 aliphatic heterocycles. The van der Waals surface area contributed by atoms with Crippen LogP contribution >= 0.6 is 11.6 Å². The van der Waals surface area contributed by atoms with Gasteiger partial charge in [0.1, 0.15) is 5.52 Å². The number of anilines is 1. The number of aromatic nitrogens is 3. The Morgan fingerprint density at radius 2 is 1.71 bits per heavy atom. The number of halogens is 1. The third kappa shape index (κ3) is 3.71. The van der Waals surface area contributed by atoms with Gasteiger partial charge in [-0.3, -0.25) is 9.59 Å². The zero-order chi connectivity index (χ0) is 19.5. The lowest BCUT2D eigenvalue weighted by atomic mass is 10.2. The molecule has 28 heavy (non-hydrogen) atoms. The van der Waals surface area contributed by atoms with Crippen LogP contribution in [0.1, 0.15) is 6.42 Å². The van der Waals surface area contributed by atoms with Crippen LogP contribution < -0.4 is 10.5 Å². The second kappa shape index (κ2) is 7.98. The lowest BCUT2D eigenvalue weighted by molar-refractivity contribution is -0.131.